The standard InChI is InChI=1S/C13H11N3O2S/c1-8-11(13(17)18)12(19-16-8)15-10-4-2-9(3-5-10)6-7-14/h2-5,15H,6H2,1H3,(H,17,18). The molecule has 0 amide bonds. The van der Waals surface area contributed by atoms with Gasteiger partial charge in [-0.05, 0) is 36.2 Å². The summed E-state index contributed by atoms with van der Waals surface area (Å²) in [7, 11) is 0. The minimum atomic E-state index is -0.991. The SMILES string of the molecule is Cc1nsc(Nc2ccc(CC#N)cc2)c1C(=O)O. The van der Waals surface area contributed by atoms with Gasteiger partial charge in [-0.2, -0.15) is 9.64 Å². The van der Waals surface area contributed by atoms with Crippen molar-refractivity contribution in [2.24, 2.45) is 0 Å². The Hall–Kier alpha value is -2.39. The van der Waals surface area contributed by atoms with Crippen LogP contribution in [0.2, 0.25) is 0 Å². The van der Waals surface area contributed by atoms with Crippen molar-refractivity contribution in [2.45, 2.75) is 13.3 Å². The molecule has 2 aromatic rings. The first-order valence-corrected chi connectivity index (χ1v) is 6.31. The number of aromatic carboxylic acids is 1. The molecule has 2 rings (SSSR count). The van der Waals surface area contributed by atoms with Crippen molar-refractivity contribution in [3.05, 3.63) is 41.1 Å². The number of nitriles is 1. The summed E-state index contributed by atoms with van der Waals surface area (Å²) >= 11 is 1.12. The Morgan fingerprint density at radius 3 is 2.74 bits per heavy atom. The maximum absolute atomic E-state index is 11.1. The molecule has 0 bridgehead atoms. The van der Waals surface area contributed by atoms with Gasteiger partial charge in [0, 0.05) is 5.69 Å². The van der Waals surface area contributed by atoms with Crippen LogP contribution in [0.5, 0.6) is 0 Å². The molecule has 6 heteroatoms. The zero-order valence-corrected chi connectivity index (χ0v) is 11.0. The highest BCUT2D eigenvalue weighted by atomic mass is 32.1. The minimum Gasteiger partial charge on any atom is -0.478 e. The number of hydrogen-bond donors (Lipinski definition) is 2. The van der Waals surface area contributed by atoms with Crippen LogP contribution in [0.1, 0.15) is 21.6 Å². The van der Waals surface area contributed by atoms with Crippen LogP contribution in [0.25, 0.3) is 0 Å². The van der Waals surface area contributed by atoms with Crippen molar-refractivity contribution in [3.63, 3.8) is 0 Å². The molecule has 0 saturated heterocycles. The second-order valence-electron chi connectivity index (χ2n) is 3.93. The van der Waals surface area contributed by atoms with E-state index in [9.17, 15) is 4.79 Å². The van der Waals surface area contributed by atoms with Crippen molar-refractivity contribution >= 4 is 28.2 Å². The van der Waals surface area contributed by atoms with Crippen LogP contribution in [0, 0.1) is 18.3 Å². The Labute approximate surface area is 114 Å². The third kappa shape index (κ3) is 2.89. The number of nitrogens with zero attached hydrogens (tertiary/aromatic N) is 2. The normalized spacial score (nSPS) is 9.89. The van der Waals surface area contributed by atoms with Crippen LogP contribution < -0.4 is 5.32 Å². The van der Waals surface area contributed by atoms with Gasteiger partial charge in [0.25, 0.3) is 0 Å². The minimum absolute atomic E-state index is 0.200. The summed E-state index contributed by atoms with van der Waals surface area (Å²) in [6.45, 7) is 1.67. The summed E-state index contributed by atoms with van der Waals surface area (Å²) in [5.41, 5.74) is 2.40. The first-order chi connectivity index (χ1) is 9.11. The van der Waals surface area contributed by atoms with Gasteiger partial charge in [0.05, 0.1) is 18.2 Å². The maximum atomic E-state index is 11.1. The highest BCUT2D eigenvalue weighted by molar-refractivity contribution is 7.10. The summed E-state index contributed by atoms with van der Waals surface area (Å²) < 4.78 is 4.04. The Morgan fingerprint density at radius 1 is 1.47 bits per heavy atom. The average Bonchev–Trinajstić information content (AvgIpc) is 2.73. The monoisotopic (exact) mass is 273 g/mol. The topological polar surface area (TPSA) is 86.0 Å². The Bertz CT molecular complexity index is 641. The highest BCUT2D eigenvalue weighted by Gasteiger charge is 2.17. The molecule has 96 valence electrons. The predicted octanol–water partition coefficient (Wildman–Crippen LogP) is 2.96. The smallest absolute Gasteiger partial charge is 0.340 e. The van der Waals surface area contributed by atoms with Gasteiger partial charge in [-0.3, -0.25) is 0 Å². The Kier molecular flexibility index (Phi) is 3.78. The number of carboxylic acids is 1. The van der Waals surface area contributed by atoms with Crippen LogP contribution in [-0.4, -0.2) is 15.4 Å². The zero-order chi connectivity index (χ0) is 13.8. The van der Waals surface area contributed by atoms with Gasteiger partial charge in [-0.25, -0.2) is 4.79 Å². The lowest BCUT2D eigenvalue weighted by molar-refractivity contribution is 0.0697. The number of benzene rings is 1. The van der Waals surface area contributed by atoms with Gasteiger partial charge in [0.15, 0.2) is 0 Å². The highest BCUT2D eigenvalue weighted by Crippen LogP contribution is 2.28. The molecule has 0 radical (unpaired) electrons. The van der Waals surface area contributed by atoms with E-state index in [2.05, 4.69) is 15.8 Å². The van der Waals surface area contributed by atoms with E-state index in [1.54, 1.807) is 6.92 Å². The number of aryl methyl sites for hydroxylation is 1. The van der Waals surface area contributed by atoms with Crippen molar-refractivity contribution in [1.82, 2.24) is 4.37 Å². The first kappa shape index (κ1) is 13.1. The fourth-order valence-corrected chi connectivity index (χ4v) is 2.44. The number of anilines is 2. The van der Waals surface area contributed by atoms with Gasteiger partial charge in [0.2, 0.25) is 0 Å². The summed E-state index contributed by atoms with van der Waals surface area (Å²) in [5.74, 6) is -0.991. The quantitative estimate of drug-likeness (QED) is 0.894. The first-order valence-electron chi connectivity index (χ1n) is 5.54. The fourth-order valence-electron chi connectivity index (χ4n) is 1.64. The van der Waals surface area contributed by atoms with E-state index in [0.29, 0.717) is 17.1 Å². The molecule has 19 heavy (non-hydrogen) atoms. The van der Waals surface area contributed by atoms with Gasteiger partial charge >= 0.3 is 5.97 Å². The number of carbonyl (C=O) groups is 1. The van der Waals surface area contributed by atoms with Gasteiger partial charge in [-0.15, -0.1) is 0 Å². The molecule has 2 N–H and O–H groups in total. The van der Waals surface area contributed by atoms with Crippen LogP contribution in [-0.2, 0) is 6.42 Å². The van der Waals surface area contributed by atoms with E-state index in [1.807, 2.05) is 24.3 Å². The Morgan fingerprint density at radius 2 is 2.16 bits per heavy atom. The molecule has 1 aromatic carbocycles. The number of rotatable bonds is 4. The summed E-state index contributed by atoms with van der Waals surface area (Å²) in [6, 6.07) is 9.37. The van der Waals surface area contributed by atoms with Gasteiger partial charge in [0.1, 0.15) is 10.6 Å². The maximum Gasteiger partial charge on any atom is 0.340 e. The lowest BCUT2D eigenvalue weighted by atomic mass is 10.1. The zero-order valence-electron chi connectivity index (χ0n) is 10.2. The van der Waals surface area contributed by atoms with E-state index >= 15 is 0 Å². The molecule has 0 fully saturated rings. The van der Waals surface area contributed by atoms with Crippen molar-refractivity contribution in [3.8, 4) is 6.07 Å². The van der Waals surface area contributed by atoms with Crippen molar-refractivity contribution in [1.29, 1.82) is 5.26 Å². The summed E-state index contributed by atoms with van der Waals surface area (Å²) in [5, 5.41) is 21.3. The number of nitrogens with one attached hydrogen (secondary N) is 1. The molecule has 5 nitrogen and oxygen atoms in total. The summed E-state index contributed by atoms with van der Waals surface area (Å²) in [4.78, 5) is 11.1. The molecule has 1 aromatic heterocycles. The van der Waals surface area contributed by atoms with Crippen molar-refractivity contribution in [2.75, 3.05) is 5.32 Å². The van der Waals surface area contributed by atoms with Crippen LogP contribution in [0.3, 0.4) is 0 Å². The van der Waals surface area contributed by atoms with Crippen LogP contribution >= 0.6 is 11.5 Å². The lowest BCUT2D eigenvalue weighted by Crippen LogP contribution is -2.01. The fraction of sp³-hybridized carbons (Fsp3) is 0.154. The predicted molar refractivity (Wildman–Crippen MR) is 72.9 cm³/mol. The van der Waals surface area contributed by atoms with Crippen LogP contribution in [0.4, 0.5) is 10.7 Å². The number of aromatic nitrogens is 1. The van der Waals surface area contributed by atoms with Gasteiger partial charge in [-0.1, -0.05) is 12.1 Å². The lowest BCUT2D eigenvalue weighted by Gasteiger charge is -2.05. The van der Waals surface area contributed by atoms with E-state index in [-0.39, 0.29) is 5.56 Å². The number of carboxylic acid groups (broad SMARTS) is 1. The van der Waals surface area contributed by atoms with E-state index in [4.69, 9.17) is 10.4 Å². The second kappa shape index (κ2) is 5.50. The largest absolute Gasteiger partial charge is 0.478 e. The molecule has 0 aliphatic carbocycles. The second-order valence-corrected chi connectivity index (χ2v) is 4.71. The molecule has 0 aliphatic rings. The molecule has 0 saturated carbocycles. The van der Waals surface area contributed by atoms with Crippen LogP contribution in [0.15, 0.2) is 24.3 Å². The Balaban J connectivity index is 2.22. The molecular formula is C13H11N3O2S. The molecule has 0 aliphatic heterocycles. The molecule has 0 unspecified atom stereocenters. The van der Waals surface area contributed by atoms with Gasteiger partial charge < -0.3 is 10.4 Å². The van der Waals surface area contributed by atoms with E-state index in [1.165, 1.54) is 0 Å². The third-order valence-corrected chi connectivity index (χ3v) is 3.43. The van der Waals surface area contributed by atoms with Crippen molar-refractivity contribution < 1.29 is 9.90 Å². The van der Waals surface area contributed by atoms with E-state index < -0.39 is 5.97 Å². The molecule has 1 heterocycles. The molecule has 0 spiro atoms. The third-order valence-electron chi connectivity index (χ3n) is 2.57. The molecular weight excluding hydrogens is 262 g/mol. The van der Waals surface area contributed by atoms with E-state index in [0.717, 1.165) is 22.8 Å². The molecule has 0 atom stereocenters. The number of hydrogen-bond acceptors (Lipinski definition) is 5. The average molecular weight is 273 g/mol. The summed E-state index contributed by atoms with van der Waals surface area (Å²) in [6.07, 6.45) is 0.361.